The fourth-order valence-electron chi connectivity index (χ4n) is 3.81. The van der Waals surface area contributed by atoms with Crippen molar-refractivity contribution >= 4 is 11.2 Å². The molecule has 0 aliphatic carbocycles. The third-order valence-corrected chi connectivity index (χ3v) is 5.12. The van der Waals surface area contributed by atoms with Crippen molar-refractivity contribution < 1.29 is 4.39 Å². The number of benzene rings is 1. The van der Waals surface area contributed by atoms with Crippen LogP contribution in [0.3, 0.4) is 0 Å². The number of hydrogen-bond donors (Lipinski definition) is 0. The van der Waals surface area contributed by atoms with Crippen LogP contribution in [-0.2, 0) is 13.1 Å². The van der Waals surface area contributed by atoms with Gasteiger partial charge in [0.2, 0.25) is 0 Å². The first-order valence-corrected chi connectivity index (χ1v) is 9.76. The molecule has 5 rings (SSSR count). The average molecular weight is 398 g/mol. The Kier molecular flexibility index (Phi) is 4.77. The minimum absolute atomic E-state index is 0.264. The summed E-state index contributed by atoms with van der Waals surface area (Å²) in [6, 6.07) is 10.5. The van der Waals surface area contributed by atoms with Crippen molar-refractivity contribution in [1.29, 1.82) is 0 Å². The molecule has 0 radical (unpaired) electrons. The summed E-state index contributed by atoms with van der Waals surface area (Å²) >= 11 is 0. The summed E-state index contributed by atoms with van der Waals surface area (Å²) in [5, 5.41) is 0. The van der Waals surface area contributed by atoms with Crippen LogP contribution in [-0.4, -0.2) is 29.1 Å². The Morgan fingerprint density at radius 2 is 1.57 bits per heavy atom. The summed E-state index contributed by atoms with van der Waals surface area (Å²) in [5.41, 5.74) is 5.50. The van der Waals surface area contributed by atoms with E-state index in [1.165, 1.54) is 12.1 Å². The number of hydrogen-bond acceptors (Lipinski definition) is 4. The molecule has 30 heavy (non-hydrogen) atoms. The SMILES string of the molecule is Fc1ccc(-c2c(-c3ccncc3)n(CCCn3ccnc3)c3nccnc23)cc1. The molecule has 4 aromatic heterocycles. The number of aromatic nitrogens is 6. The second kappa shape index (κ2) is 7.87. The van der Waals surface area contributed by atoms with Gasteiger partial charge in [0.1, 0.15) is 11.3 Å². The van der Waals surface area contributed by atoms with E-state index < -0.39 is 0 Å². The molecule has 0 aliphatic heterocycles. The fraction of sp³-hybridized carbons (Fsp3) is 0.130. The summed E-state index contributed by atoms with van der Waals surface area (Å²) in [4.78, 5) is 17.5. The molecule has 0 aliphatic rings. The maximum Gasteiger partial charge on any atom is 0.159 e. The summed E-state index contributed by atoms with van der Waals surface area (Å²) in [5.74, 6) is -0.264. The van der Waals surface area contributed by atoms with E-state index in [0.29, 0.717) is 0 Å². The Morgan fingerprint density at radius 3 is 2.33 bits per heavy atom. The zero-order valence-electron chi connectivity index (χ0n) is 16.2. The minimum atomic E-state index is -0.264. The Bertz CT molecular complexity index is 1260. The van der Waals surface area contributed by atoms with Crippen LogP contribution in [0.25, 0.3) is 33.5 Å². The highest BCUT2D eigenvalue weighted by Gasteiger charge is 2.21. The van der Waals surface area contributed by atoms with E-state index in [2.05, 4.69) is 29.1 Å². The van der Waals surface area contributed by atoms with Crippen molar-refractivity contribution in [3.63, 3.8) is 0 Å². The van der Waals surface area contributed by atoms with Crippen molar-refractivity contribution in [1.82, 2.24) is 29.1 Å². The van der Waals surface area contributed by atoms with E-state index in [-0.39, 0.29) is 5.82 Å². The normalized spacial score (nSPS) is 11.2. The van der Waals surface area contributed by atoms with Gasteiger partial charge in [0.05, 0.1) is 12.0 Å². The van der Waals surface area contributed by atoms with E-state index in [1.54, 1.807) is 43.1 Å². The number of aryl methyl sites for hydroxylation is 2. The maximum absolute atomic E-state index is 13.6. The smallest absolute Gasteiger partial charge is 0.159 e. The molecule has 4 heterocycles. The van der Waals surface area contributed by atoms with Gasteiger partial charge in [-0.2, -0.15) is 0 Å². The molecular weight excluding hydrogens is 379 g/mol. The number of fused-ring (bicyclic) bond motifs is 1. The third-order valence-electron chi connectivity index (χ3n) is 5.12. The van der Waals surface area contributed by atoms with Gasteiger partial charge in [-0.25, -0.2) is 14.4 Å². The van der Waals surface area contributed by atoms with Crippen molar-refractivity contribution in [2.45, 2.75) is 19.5 Å². The number of imidazole rings is 1. The molecule has 0 bridgehead atoms. The molecule has 7 heteroatoms. The number of pyridine rings is 1. The van der Waals surface area contributed by atoms with Gasteiger partial charge in [-0.3, -0.25) is 9.97 Å². The standard InChI is InChI=1S/C23H19FN6/c24-19-4-2-17(3-5-19)20-21-23(28-11-10-27-21)30(14-1-13-29-15-12-26-16-29)22(20)18-6-8-25-9-7-18/h2-12,15-16H,1,13-14H2. The van der Waals surface area contributed by atoms with Crippen LogP contribution in [0.1, 0.15) is 6.42 Å². The second-order valence-corrected chi connectivity index (χ2v) is 7.00. The van der Waals surface area contributed by atoms with Crippen LogP contribution in [0.15, 0.2) is 79.9 Å². The van der Waals surface area contributed by atoms with Crippen molar-refractivity contribution in [2.24, 2.45) is 0 Å². The van der Waals surface area contributed by atoms with Crippen LogP contribution >= 0.6 is 0 Å². The lowest BCUT2D eigenvalue weighted by Crippen LogP contribution is -2.05. The van der Waals surface area contributed by atoms with Crippen LogP contribution in [0, 0.1) is 5.82 Å². The monoisotopic (exact) mass is 398 g/mol. The summed E-state index contributed by atoms with van der Waals surface area (Å²) < 4.78 is 17.9. The van der Waals surface area contributed by atoms with Gasteiger partial charge in [-0.1, -0.05) is 12.1 Å². The largest absolute Gasteiger partial charge is 0.337 e. The maximum atomic E-state index is 13.6. The highest BCUT2D eigenvalue weighted by molar-refractivity contribution is 6.00. The molecule has 0 amide bonds. The molecule has 5 aromatic rings. The van der Waals surface area contributed by atoms with Gasteiger partial charge in [0.15, 0.2) is 5.65 Å². The topological polar surface area (TPSA) is 61.4 Å². The Hall–Kier alpha value is -3.87. The highest BCUT2D eigenvalue weighted by atomic mass is 19.1. The summed E-state index contributed by atoms with van der Waals surface area (Å²) in [6.07, 6.45) is 13.4. The van der Waals surface area contributed by atoms with Gasteiger partial charge in [-0.05, 0) is 36.2 Å². The first kappa shape index (κ1) is 18.2. The van der Waals surface area contributed by atoms with E-state index in [9.17, 15) is 4.39 Å². The molecule has 0 atom stereocenters. The molecule has 1 aromatic carbocycles. The molecule has 6 nitrogen and oxygen atoms in total. The third kappa shape index (κ3) is 3.34. The van der Waals surface area contributed by atoms with Gasteiger partial charge in [0.25, 0.3) is 0 Å². The predicted octanol–water partition coefficient (Wildman–Crippen LogP) is 4.59. The van der Waals surface area contributed by atoms with Gasteiger partial charge in [-0.15, -0.1) is 0 Å². The Morgan fingerprint density at radius 1 is 0.767 bits per heavy atom. The number of rotatable bonds is 6. The van der Waals surface area contributed by atoms with E-state index >= 15 is 0 Å². The Labute approximate surface area is 172 Å². The van der Waals surface area contributed by atoms with E-state index in [1.807, 2.05) is 24.7 Å². The molecule has 0 saturated heterocycles. The highest BCUT2D eigenvalue weighted by Crippen LogP contribution is 2.39. The summed E-state index contributed by atoms with van der Waals surface area (Å²) in [6.45, 7) is 1.60. The van der Waals surface area contributed by atoms with Crippen LogP contribution in [0.5, 0.6) is 0 Å². The predicted molar refractivity (Wildman–Crippen MR) is 113 cm³/mol. The Balaban J connectivity index is 1.68. The number of nitrogens with zero attached hydrogens (tertiary/aromatic N) is 6. The number of halogens is 1. The molecule has 0 fully saturated rings. The van der Waals surface area contributed by atoms with Gasteiger partial charge < -0.3 is 9.13 Å². The quantitative estimate of drug-likeness (QED) is 0.420. The van der Waals surface area contributed by atoms with Crippen molar-refractivity contribution in [3.8, 4) is 22.4 Å². The van der Waals surface area contributed by atoms with E-state index in [0.717, 1.165) is 53.1 Å². The van der Waals surface area contributed by atoms with Crippen LogP contribution < -0.4 is 0 Å². The lowest BCUT2D eigenvalue weighted by molar-refractivity contribution is 0.574. The van der Waals surface area contributed by atoms with Crippen molar-refractivity contribution in [2.75, 3.05) is 0 Å². The molecular formula is C23H19FN6. The van der Waals surface area contributed by atoms with Crippen LogP contribution in [0.2, 0.25) is 0 Å². The van der Waals surface area contributed by atoms with Crippen molar-refractivity contribution in [3.05, 3.63) is 85.7 Å². The van der Waals surface area contributed by atoms with E-state index in [4.69, 9.17) is 0 Å². The first-order chi connectivity index (χ1) is 14.8. The zero-order chi connectivity index (χ0) is 20.3. The fourth-order valence-corrected chi connectivity index (χ4v) is 3.81. The van der Waals surface area contributed by atoms with Crippen LogP contribution in [0.4, 0.5) is 4.39 Å². The molecule has 0 spiro atoms. The molecule has 148 valence electrons. The second-order valence-electron chi connectivity index (χ2n) is 7.00. The average Bonchev–Trinajstić information content (AvgIpc) is 3.42. The van der Waals surface area contributed by atoms with Gasteiger partial charge >= 0.3 is 0 Å². The molecule has 0 saturated carbocycles. The van der Waals surface area contributed by atoms with Gasteiger partial charge in [0, 0.05) is 61.4 Å². The zero-order valence-corrected chi connectivity index (χ0v) is 16.2. The lowest BCUT2D eigenvalue weighted by Gasteiger charge is -2.12. The molecule has 0 unspecified atom stereocenters. The first-order valence-electron chi connectivity index (χ1n) is 9.76. The summed E-state index contributed by atoms with van der Waals surface area (Å²) in [7, 11) is 0. The minimum Gasteiger partial charge on any atom is -0.337 e. The lowest BCUT2D eigenvalue weighted by atomic mass is 10.0. The molecule has 0 N–H and O–H groups in total.